The van der Waals surface area contributed by atoms with Crippen LogP contribution in [0.1, 0.15) is 89.7 Å². The molecular formula is C20H36ClN. The van der Waals surface area contributed by atoms with Crippen molar-refractivity contribution in [3.05, 3.63) is 30.1 Å². The number of nitrogens with zero attached hydrogens (tertiary/aromatic N) is 1. The van der Waals surface area contributed by atoms with Gasteiger partial charge < -0.3 is 0 Å². The van der Waals surface area contributed by atoms with Gasteiger partial charge in [0.05, 0.1) is 0 Å². The second-order valence-electron chi connectivity index (χ2n) is 6.05. The standard InChI is InChI=1S/C14H29Cl.C6H7N/c1-2-3-4-5-6-7-8-9-10-11-12-13-14-15;1-6-4-2-3-5-7-6/h2-14H2,1H3;2-5H,1H3. The summed E-state index contributed by atoms with van der Waals surface area (Å²) < 4.78 is 0. The van der Waals surface area contributed by atoms with Gasteiger partial charge in [-0.15, -0.1) is 11.6 Å². The van der Waals surface area contributed by atoms with E-state index in [0.29, 0.717) is 0 Å². The smallest absolute Gasteiger partial charge is 0.0372 e. The average Bonchev–Trinajstić information content (AvgIpc) is 2.54. The van der Waals surface area contributed by atoms with E-state index in [1.807, 2.05) is 25.1 Å². The molecule has 0 fully saturated rings. The fourth-order valence-corrected chi connectivity index (χ4v) is 2.57. The molecule has 0 atom stereocenters. The van der Waals surface area contributed by atoms with Gasteiger partial charge in [-0.25, -0.2) is 0 Å². The Labute approximate surface area is 143 Å². The lowest BCUT2D eigenvalue weighted by Crippen LogP contribution is -1.82. The van der Waals surface area contributed by atoms with Crippen LogP contribution in [0.25, 0.3) is 0 Å². The van der Waals surface area contributed by atoms with Crippen LogP contribution in [0.4, 0.5) is 0 Å². The highest BCUT2D eigenvalue weighted by molar-refractivity contribution is 6.17. The van der Waals surface area contributed by atoms with Crippen molar-refractivity contribution in [2.24, 2.45) is 0 Å². The lowest BCUT2D eigenvalue weighted by molar-refractivity contribution is 0.548. The van der Waals surface area contributed by atoms with Gasteiger partial charge >= 0.3 is 0 Å². The third-order valence-corrected chi connectivity index (χ3v) is 4.07. The first kappa shape index (κ1) is 21.4. The number of alkyl halides is 1. The maximum absolute atomic E-state index is 5.62. The van der Waals surface area contributed by atoms with Gasteiger partial charge in [-0.1, -0.05) is 83.6 Å². The zero-order valence-electron chi connectivity index (χ0n) is 14.8. The number of aryl methyl sites for hydroxylation is 1. The summed E-state index contributed by atoms with van der Waals surface area (Å²) in [6, 6.07) is 5.86. The third kappa shape index (κ3) is 17.5. The Kier molecular flexibility index (Phi) is 18.0. The number of halogens is 1. The largest absolute Gasteiger partial charge is 0.262 e. The van der Waals surface area contributed by atoms with E-state index in [1.165, 1.54) is 77.0 Å². The molecule has 0 bridgehead atoms. The lowest BCUT2D eigenvalue weighted by Gasteiger charge is -2.01. The summed E-state index contributed by atoms with van der Waals surface area (Å²) in [6.07, 6.45) is 18.7. The highest BCUT2D eigenvalue weighted by Crippen LogP contribution is 2.11. The predicted molar refractivity (Wildman–Crippen MR) is 101 cm³/mol. The molecule has 0 unspecified atom stereocenters. The van der Waals surface area contributed by atoms with Gasteiger partial charge in [0.15, 0.2) is 0 Å². The Balaban J connectivity index is 0.000000518. The van der Waals surface area contributed by atoms with Gasteiger partial charge in [-0.2, -0.15) is 0 Å². The van der Waals surface area contributed by atoms with Crippen LogP contribution in [0.5, 0.6) is 0 Å². The average molecular weight is 326 g/mol. The summed E-state index contributed by atoms with van der Waals surface area (Å²) in [4.78, 5) is 3.98. The zero-order valence-corrected chi connectivity index (χ0v) is 15.6. The molecule has 1 aromatic rings. The van der Waals surface area contributed by atoms with Crippen LogP contribution < -0.4 is 0 Å². The Bertz CT molecular complexity index is 288. The Morgan fingerprint density at radius 2 is 1.27 bits per heavy atom. The number of hydrogen-bond acceptors (Lipinski definition) is 1. The molecule has 1 nitrogen and oxygen atoms in total. The third-order valence-electron chi connectivity index (χ3n) is 3.80. The molecule has 0 N–H and O–H groups in total. The molecule has 22 heavy (non-hydrogen) atoms. The summed E-state index contributed by atoms with van der Waals surface area (Å²) in [5.74, 6) is 0.845. The number of hydrogen-bond donors (Lipinski definition) is 0. The normalized spacial score (nSPS) is 10.1. The number of unbranched alkanes of at least 4 members (excludes halogenated alkanes) is 11. The first-order chi connectivity index (χ1) is 10.8. The summed E-state index contributed by atoms with van der Waals surface area (Å²) in [6.45, 7) is 4.25. The number of pyridine rings is 1. The van der Waals surface area contributed by atoms with Crippen molar-refractivity contribution in [2.45, 2.75) is 90.9 Å². The molecule has 0 saturated carbocycles. The summed E-state index contributed by atoms with van der Waals surface area (Å²) in [7, 11) is 0. The fourth-order valence-electron chi connectivity index (χ4n) is 2.38. The van der Waals surface area contributed by atoms with Gasteiger partial charge in [-0.05, 0) is 25.5 Å². The van der Waals surface area contributed by atoms with Crippen LogP contribution in [0.3, 0.4) is 0 Å². The van der Waals surface area contributed by atoms with Gasteiger partial charge in [0.2, 0.25) is 0 Å². The van der Waals surface area contributed by atoms with Crippen molar-refractivity contribution in [3.63, 3.8) is 0 Å². The molecular weight excluding hydrogens is 290 g/mol. The molecule has 0 aliphatic heterocycles. The van der Waals surface area contributed by atoms with Crippen molar-refractivity contribution in [1.29, 1.82) is 0 Å². The molecule has 0 amide bonds. The Hall–Kier alpha value is -0.560. The van der Waals surface area contributed by atoms with Crippen molar-refractivity contribution < 1.29 is 0 Å². The van der Waals surface area contributed by atoms with Crippen molar-refractivity contribution in [1.82, 2.24) is 4.98 Å². The second-order valence-corrected chi connectivity index (χ2v) is 6.43. The molecule has 0 saturated heterocycles. The fraction of sp³-hybridized carbons (Fsp3) is 0.750. The van der Waals surface area contributed by atoms with Gasteiger partial charge in [0.25, 0.3) is 0 Å². The van der Waals surface area contributed by atoms with E-state index in [-0.39, 0.29) is 0 Å². The minimum atomic E-state index is 0.845. The quantitative estimate of drug-likeness (QED) is 0.290. The molecule has 1 aromatic heterocycles. The van der Waals surface area contributed by atoms with Crippen LogP contribution in [-0.4, -0.2) is 10.9 Å². The molecule has 1 rings (SSSR count). The first-order valence-electron chi connectivity index (χ1n) is 9.24. The number of rotatable bonds is 12. The molecule has 0 spiro atoms. The minimum absolute atomic E-state index is 0.845. The lowest BCUT2D eigenvalue weighted by atomic mass is 10.1. The van der Waals surface area contributed by atoms with E-state index in [9.17, 15) is 0 Å². The predicted octanol–water partition coefficient (Wildman–Crippen LogP) is 7.32. The maximum Gasteiger partial charge on any atom is 0.0372 e. The molecule has 0 radical (unpaired) electrons. The van der Waals surface area contributed by atoms with Gasteiger partial charge in [-0.3, -0.25) is 4.98 Å². The van der Waals surface area contributed by atoms with Crippen LogP contribution in [-0.2, 0) is 0 Å². The maximum atomic E-state index is 5.62. The summed E-state index contributed by atoms with van der Waals surface area (Å²) in [5, 5.41) is 0. The van der Waals surface area contributed by atoms with Crippen molar-refractivity contribution >= 4 is 11.6 Å². The highest BCUT2D eigenvalue weighted by atomic mass is 35.5. The summed E-state index contributed by atoms with van der Waals surface area (Å²) in [5.41, 5.74) is 1.07. The molecule has 1 heterocycles. The molecule has 0 aromatic carbocycles. The van der Waals surface area contributed by atoms with Crippen LogP contribution in [0, 0.1) is 6.92 Å². The van der Waals surface area contributed by atoms with Gasteiger partial charge in [0.1, 0.15) is 0 Å². The molecule has 0 aliphatic carbocycles. The van der Waals surface area contributed by atoms with E-state index in [2.05, 4.69) is 11.9 Å². The van der Waals surface area contributed by atoms with E-state index in [1.54, 1.807) is 6.20 Å². The van der Waals surface area contributed by atoms with Crippen molar-refractivity contribution in [3.8, 4) is 0 Å². The topological polar surface area (TPSA) is 12.9 Å². The second kappa shape index (κ2) is 18.5. The Morgan fingerprint density at radius 1 is 0.773 bits per heavy atom. The highest BCUT2D eigenvalue weighted by Gasteiger charge is 1.92. The van der Waals surface area contributed by atoms with Crippen LogP contribution >= 0.6 is 11.6 Å². The van der Waals surface area contributed by atoms with E-state index in [0.717, 1.165) is 11.6 Å². The van der Waals surface area contributed by atoms with E-state index < -0.39 is 0 Å². The zero-order chi connectivity index (χ0) is 16.3. The molecule has 128 valence electrons. The minimum Gasteiger partial charge on any atom is -0.262 e. The van der Waals surface area contributed by atoms with E-state index in [4.69, 9.17) is 11.6 Å². The monoisotopic (exact) mass is 325 g/mol. The van der Waals surface area contributed by atoms with Crippen LogP contribution in [0.15, 0.2) is 24.4 Å². The first-order valence-corrected chi connectivity index (χ1v) is 9.78. The van der Waals surface area contributed by atoms with E-state index >= 15 is 0 Å². The summed E-state index contributed by atoms with van der Waals surface area (Å²) >= 11 is 5.62. The van der Waals surface area contributed by atoms with Gasteiger partial charge in [0, 0.05) is 17.8 Å². The number of aromatic nitrogens is 1. The SMILES string of the molecule is CCCCCCCCCCCCCCCl.Cc1ccccn1. The van der Waals surface area contributed by atoms with Crippen LogP contribution in [0.2, 0.25) is 0 Å². The molecule has 0 aliphatic rings. The Morgan fingerprint density at radius 3 is 1.59 bits per heavy atom. The van der Waals surface area contributed by atoms with Crippen molar-refractivity contribution in [2.75, 3.05) is 5.88 Å². The molecule has 2 heteroatoms.